The number of hydrogen-bond donors (Lipinski definition) is 1. The summed E-state index contributed by atoms with van der Waals surface area (Å²) in [6, 6.07) is 12.0. The maximum Gasteiger partial charge on any atom is 0.274 e. The first-order chi connectivity index (χ1) is 14.1. The fraction of sp³-hybridized carbons (Fsp3) is 0.478. The molecule has 0 bridgehead atoms. The molecule has 0 atom stereocenters. The molecule has 2 heterocycles. The molecule has 1 aromatic heterocycles. The molecular weight excluding hydrogens is 362 g/mol. The number of nitrogens with one attached hydrogen (secondary N) is 1. The van der Waals surface area contributed by atoms with Crippen LogP contribution in [0.5, 0.6) is 0 Å². The van der Waals surface area contributed by atoms with Gasteiger partial charge >= 0.3 is 0 Å². The van der Waals surface area contributed by atoms with Gasteiger partial charge in [0, 0.05) is 62.5 Å². The Bertz CT molecular complexity index is 778. The largest absolute Gasteiger partial charge is 0.371 e. The van der Waals surface area contributed by atoms with E-state index in [1.54, 1.807) is 6.20 Å². The molecule has 0 spiro atoms. The third kappa shape index (κ3) is 5.70. The van der Waals surface area contributed by atoms with Gasteiger partial charge in [-0.15, -0.1) is 0 Å². The summed E-state index contributed by atoms with van der Waals surface area (Å²) in [6.45, 7) is 10.5. The third-order valence-corrected chi connectivity index (χ3v) is 5.32. The van der Waals surface area contributed by atoms with Crippen LogP contribution >= 0.6 is 0 Å². The number of aromatic nitrogens is 1. The Morgan fingerprint density at radius 2 is 1.69 bits per heavy atom. The van der Waals surface area contributed by atoms with Crippen molar-refractivity contribution in [2.45, 2.75) is 26.7 Å². The Labute approximate surface area is 174 Å². The van der Waals surface area contributed by atoms with Crippen LogP contribution in [-0.2, 0) is 0 Å². The van der Waals surface area contributed by atoms with Crippen molar-refractivity contribution in [3.05, 3.63) is 48.3 Å². The average molecular weight is 396 g/mol. The highest BCUT2D eigenvalue weighted by molar-refractivity contribution is 6.03. The van der Waals surface area contributed by atoms with E-state index in [1.807, 2.05) is 24.3 Å². The Balaban J connectivity index is 1.64. The van der Waals surface area contributed by atoms with E-state index in [4.69, 9.17) is 0 Å². The molecule has 156 valence electrons. The highest BCUT2D eigenvalue weighted by Gasteiger charge is 2.15. The summed E-state index contributed by atoms with van der Waals surface area (Å²) in [5.74, 6) is -0.174. The van der Waals surface area contributed by atoms with Crippen LogP contribution in [-0.4, -0.2) is 62.1 Å². The minimum Gasteiger partial charge on any atom is -0.371 e. The summed E-state index contributed by atoms with van der Waals surface area (Å²) in [6.07, 6.45) is 3.87. The molecule has 1 N–H and O–H groups in total. The number of rotatable bonds is 8. The minimum atomic E-state index is -0.174. The number of piperazine rings is 1. The van der Waals surface area contributed by atoms with E-state index in [9.17, 15) is 4.79 Å². The molecule has 1 aromatic carbocycles. The number of benzene rings is 1. The van der Waals surface area contributed by atoms with Crippen molar-refractivity contribution in [3.63, 3.8) is 0 Å². The van der Waals surface area contributed by atoms with E-state index in [0.717, 1.165) is 63.5 Å². The number of pyridine rings is 1. The minimum absolute atomic E-state index is 0.174. The molecule has 0 aliphatic carbocycles. The molecule has 1 aliphatic heterocycles. The van der Waals surface area contributed by atoms with Crippen LogP contribution in [0.1, 0.15) is 37.2 Å². The van der Waals surface area contributed by atoms with Gasteiger partial charge in [0.25, 0.3) is 5.91 Å². The van der Waals surface area contributed by atoms with Crippen LogP contribution in [0.15, 0.2) is 42.6 Å². The second kappa shape index (κ2) is 10.3. The summed E-state index contributed by atoms with van der Waals surface area (Å²) in [7, 11) is 2.16. The smallest absolute Gasteiger partial charge is 0.274 e. The molecule has 0 saturated carbocycles. The molecule has 29 heavy (non-hydrogen) atoms. The lowest BCUT2D eigenvalue weighted by molar-refractivity contribution is 0.102. The van der Waals surface area contributed by atoms with Gasteiger partial charge in [-0.3, -0.25) is 9.78 Å². The fourth-order valence-electron chi connectivity index (χ4n) is 3.67. The van der Waals surface area contributed by atoms with Gasteiger partial charge in [0.15, 0.2) is 0 Å². The lowest BCUT2D eigenvalue weighted by Gasteiger charge is -2.34. The predicted molar refractivity (Wildman–Crippen MR) is 121 cm³/mol. The number of hydrogen-bond acceptors (Lipinski definition) is 5. The number of amides is 1. The molecule has 1 amide bonds. The number of nitrogens with zero attached hydrogens (tertiary/aromatic N) is 4. The van der Waals surface area contributed by atoms with E-state index < -0.39 is 0 Å². The Morgan fingerprint density at radius 1 is 1.03 bits per heavy atom. The average Bonchev–Trinajstić information content (AvgIpc) is 2.75. The van der Waals surface area contributed by atoms with Crippen LogP contribution < -0.4 is 15.1 Å². The Kier molecular flexibility index (Phi) is 7.47. The van der Waals surface area contributed by atoms with E-state index in [-0.39, 0.29) is 5.91 Å². The Morgan fingerprint density at radius 3 is 2.31 bits per heavy atom. The standard InChI is InChI=1S/C23H33N5O/c1-4-12-27(13-5-2)21-10-11-24-22(18-21)23(29)25-19-6-8-20(9-7-19)28-16-14-26(3)15-17-28/h6-11,18H,4-5,12-17H2,1-3H3,(H,25,29). The molecule has 6 heteroatoms. The highest BCUT2D eigenvalue weighted by atomic mass is 16.1. The normalized spacial score (nSPS) is 14.7. The predicted octanol–water partition coefficient (Wildman–Crippen LogP) is 3.71. The van der Waals surface area contributed by atoms with Gasteiger partial charge < -0.3 is 20.0 Å². The van der Waals surface area contributed by atoms with Crippen molar-refractivity contribution in [2.75, 3.05) is 61.4 Å². The first-order valence-corrected chi connectivity index (χ1v) is 10.7. The molecule has 1 saturated heterocycles. The molecule has 6 nitrogen and oxygen atoms in total. The van der Waals surface area contributed by atoms with Crippen molar-refractivity contribution in [1.82, 2.24) is 9.88 Å². The zero-order chi connectivity index (χ0) is 20.6. The maximum absolute atomic E-state index is 12.7. The van der Waals surface area contributed by atoms with E-state index >= 15 is 0 Å². The number of carbonyl (C=O) groups is 1. The summed E-state index contributed by atoms with van der Waals surface area (Å²) in [5, 5.41) is 2.98. The lowest BCUT2D eigenvalue weighted by atomic mass is 10.2. The monoisotopic (exact) mass is 395 g/mol. The first kappa shape index (κ1) is 21.1. The quantitative estimate of drug-likeness (QED) is 0.738. The van der Waals surface area contributed by atoms with Crippen molar-refractivity contribution in [1.29, 1.82) is 0 Å². The van der Waals surface area contributed by atoms with Crippen LogP contribution in [0.4, 0.5) is 17.1 Å². The van der Waals surface area contributed by atoms with Gasteiger partial charge in [0.2, 0.25) is 0 Å². The zero-order valence-corrected chi connectivity index (χ0v) is 17.9. The molecule has 2 aromatic rings. The molecule has 0 unspecified atom stereocenters. The third-order valence-electron chi connectivity index (χ3n) is 5.32. The fourth-order valence-corrected chi connectivity index (χ4v) is 3.67. The lowest BCUT2D eigenvalue weighted by Crippen LogP contribution is -2.44. The van der Waals surface area contributed by atoms with Crippen molar-refractivity contribution in [2.24, 2.45) is 0 Å². The van der Waals surface area contributed by atoms with Gasteiger partial charge in [-0.1, -0.05) is 13.8 Å². The van der Waals surface area contributed by atoms with E-state index in [0.29, 0.717) is 5.69 Å². The van der Waals surface area contributed by atoms with Gasteiger partial charge in [-0.2, -0.15) is 0 Å². The number of likely N-dealkylation sites (N-methyl/N-ethyl adjacent to an activating group) is 1. The van der Waals surface area contributed by atoms with Crippen LogP contribution in [0.2, 0.25) is 0 Å². The van der Waals surface area contributed by atoms with Crippen LogP contribution in [0.3, 0.4) is 0 Å². The molecular formula is C23H33N5O. The van der Waals surface area contributed by atoms with Gasteiger partial charge in [-0.05, 0) is 56.3 Å². The highest BCUT2D eigenvalue weighted by Crippen LogP contribution is 2.21. The molecule has 0 radical (unpaired) electrons. The second-order valence-corrected chi connectivity index (χ2v) is 7.68. The molecule has 1 fully saturated rings. The number of anilines is 3. The molecule has 1 aliphatic rings. The van der Waals surface area contributed by atoms with Gasteiger partial charge in [0.1, 0.15) is 5.69 Å². The van der Waals surface area contributed by atoms with Crippen LogP contribution in [0.25, 0.3) is 0 Å². The topological polar surface area (TPSA) is 51.7 Å². The van der Waals surface area contributed by atoms with E-state index in [1.165, 1.54) is 5.69 Å². The summed E-state index contributed by atoms with van der Waals surface area (Å²) in [5.41, 5.74) is 3.49. The Hall–Kier alpha value is -2.60. The van der Waals surface area contributed by atoms with Crippen molar-refractivity contribution < 1.29 is 4.79 Å². The summed E-state index contributed by atoms with van der Waals surface area (Å²) < 4.78 is 0. The maximum atomic E-state index is 12.7. The zero-order valence-electron chi connectivity index (χ0n) is 17.9. The summed E-state index contributed by atoms with van der Waals surface area (Å²) >= 11 is 0. The van der Waals surface area contributed by atoms with E-state index in [2.05, 4.69) is 58.0 Å². The van der Waals surface area contributed by atoms with Crippen molar-refractivity contribution >= 4 is 23.0 Å². The van der Waals surface area contributed by atoms with Crippen LogP contribution in [0, 0.1) is 0 Å². The van der Waals surface area contributed by atoms with Crippen molar-refractivity contribution in [3.8, 4) is 0 Å². The first-order valence-electron chi connectivity index (χ1n) is 10.7. The SMILES string of the molecule is CCCN(CCC)c1ccnc(C(=O)Nc2ccc(N3CCN(C)CC3)cc2)c1. The summed E-state index contributed by atoms with van der Waals surface area (Å²) in [4.78, 5) is 24.0. The number of carbonyl (C=O) groups excluding carboxylic acids is 1. The second-order valence-electron chi connectivity index (χ2n) is 7.68. The van der Waals surface area contributed by atoms with Gasteiger partial charge in [-0.25, -0.2) is 0 Å². The van der Waals surface area contributed by atoms with Gasteiger partial charge in [0.05, 0.1) is 0 Å². The molecule has 3 rings (SSSR count).